The molecule has 0 amide bonds. The van der Waals surface area contributed by atoms with Crippen molar-refractivity contribution >= 4 is 11.6 Å². The molecule has 0 aromatic heterocycles. The first-order valence-electron chi connectivity index (χ1n) is 6.06. The van der Waals surface area contributed by atoms with Crippen molar-refractivity contribution in [2.45, 2.75) is 32.7 Å². The Hall–Kier alpha value is -0.530. The van der Waals surface area contributed by atoms with E-state index in [1.54, 1.807) is 0 Å². The van der Waals surface area contributed by atoms with Gasteiger partial charge in [0.05, 0.1) is 0 Å². The molecule has 0 aliphatic heterocycles. The Balaban J connectivity index is 1.74. The van der Waals surface area contributed by atoms with Crippen molar-refractivity contribution < 1.29 is 0 Å². The second-order valence-corrected chi connectivity index (χ2v) is 5.41. The van der Waals surface area contributed by atoms with E-state index in [0.29, 0.717) is 5.41 Å². The second-order valence-electron chi connectivity index (χ2n) is 5.03. The Bertz CT molecular complexity index is 327. The fourth-order valence-corrected chi connectivity index (χ4v) is 2.47. The van der Waals surface area contributed by atoms with Gasteiger partial charge in [0.15, 0.2) is 0 Å². The summed E-state index contributed by atoms with van der Waals surface area (Å²) >= 11 is 5.81. The summed E-state index contributed by atoms with van der Waals surface area (Å²) in [6.07, 6.45) is 3.86. The molecule has 0 unspecified atom stereocenters. The third-order valence-electron chi connectivity index (χ3n) is 3.53. The molecule has 88 valence electrons. The lowest BCUT2D eigenvalue weighted by atomic mass is 10.0. The van der Waals surface area contributed by atoms with Crippen molar-refractivity contribution in [2.75, 3.05) is 12.4 Å². The number of halogens is 1. The van der Waals surface area contributed by atoms with Crippen LogP contribution in [0.15, 0.2) is 24.3 Å². The van der Waals surface area contributed by atoms with Crippen LogP contribution in [0.2, 0.25) is 0 Å². The van der Waals surface area contributed by atoms with Gasteiger partial charge < -0.3 is 5.32 Å². The molecular weight excluding hydrogens is 218 g/mol. The van der Waals surface area contributed by atoms with Gasteiger partial charge >= 0.3 is 0 Å². The maximum Gasteiger partial charge on any atom is 0.0229 e. The number of alkyl halides is 1. The molecule has 1 saturated carbocycles. The smallest absolute Gasteiger partial charge is 0.0229 e. The lowest BCUT2D eigenvalue weighted by Gasteiger charge is -2.14. The van der Waals surface area contributed by atoms with Crippen LogP contribution in [0.25, 0.3) is 0 Å². The lowest BCUT2D eigenvalue weighted by Crippen LogP contribution is -2.23. The van der Waals surface area contributed by atoms with Gasteiger partial charge in [-0.05, 0) is 37.2 Å². The molecule has 0 heterocycles. The molecule has 1 nitrogen and oxygen atoms in total. The van der Waals surface area contributed by atoms with Crippen molar-refractivity contribution in [1.82, 2.24) is 5.32 Å². The molecule has 1 aromatic rings. The fraction of sp³-hybridized carbons (Fsp3) is 0.571. The van der Waals surface area contributed by atoms with Gasteiger partial charge in [-0.15, -0.1) is 11.6 Å². The summed E-state index contributed by atoms with van der Waals surface area (Å²) in [4.78, 5) is 0. The molecule has 16 heavy (non-hydrogen) atoms. The monoisotopic (exact) mass is 237 g/mol. The van der Waals surface area contributed by atoms with E-state index in [4.69, 9.17) is 11.6 Å². The summed E-state index contributed by atoms with van der Waals surface area (Å²) in [6.45, 7) is 4.22. The van der Waals surface area contributed by atoms with Gasteiger partial charge in [0, 0.05) is 19.0 Å². The van der Waals surface area contributed by atoms with Crippen LogP contribution in [0.1, 0.15) is 30.4 Å². The van der Waals surface area contributed by atoms with E-state index < -0.39 is 0 Å². The highest BCUT2D eigenvalue weighted by Gasteiger charge is 2.40. The number of hydrogen-bond acceptors (Lipinski definition) is 1. The Morgan fingerprint density at radius 2 is 1.94 bits per heavy atom. The van der Waals surface area contributed by atoms with Gasteiger partial charge in [-0.3, -0.25) is 0 Å². The Kier molecular flexibility index (Phi) is 3.88. The van der Waals surface area contributed by atoms with E-state index in [0.717, 1.165) is 25.4 Å². The third-order valence-corrected chi connectivity index (χ3v) is 3.72. The van der Waals surface area contributed by atoms with E-state index >= 15 is 0 Å². The minimum atomic E-state index is 0.534. The largest absolute Gasteiger partial charge is 0.312 e. The summed E-state index contributed by atoms with van der Waals surface area (Å²) in [5.74, 6) is 0.798. The maximum absolute atomic E-state index is 5.81. The summed E-state index contributed by atoms with van der Waals surface area (Å²) in [5, 5.41) is 3.55. The van der Waals surface area contributed by atoms with Crippen LogP contribution in [0, 0.1) is 12.3 Å². The van der Waals surface area contributed by atoms with Gasteiger partial charge in [0.1, 0.15) is 0 Å². The van der Waals surface area contributed by atoms with E-state index in [1.807, 2.05) is 0 Å². The van der Waals surface area contributed by atoms with Crippen LogP contribution >= 0.6 is 11.6 Å². The molecule has 0 radical (unpaired) electrons. The van der Waals surface area contributed by atoms with Crippen LogP contribution in [0.3, 0.4) is 0 Å². The number of benzene rings is 1. The zero-order chi connectivity index (χ0) is 11.4. The average Bonchev–Trinajstić information content (AvgIpc) is 3.02. The van der Waals surface area contributed by atoms with Crippen molar-refractivity contribution in [3.8, 4) is 0 Å². The first-order valence-corrected chi connectivity index (χ1v) is 6.60. The molecule has 1 aliphatic rings. The molecular formula is C14H20ClN. The van der Waals surface area contributed by atoms with Crippen molar-refractivity contribution in [1.29, 1.82) is 0 Å². The second kappa shape index (κ2) is 5.20. The summed E-state index contributed by atoms with van der Waals surface area (Å²) in [5.41, 5.74) is 3.23. The van der Waals surface area contributed by atoms with E-state index in [9.17, 15) is 0 Å². The number of rotatable bonds is 6. The molecule has 0 saturated heterocycles. The standard InChI is InChI=1S/C14H20ClN/c1-12-2-4-13(5-3-12)10-16-11-14(6-7-14)8-9-15/h2-5,16H,6-11H2,1H3. The first-order chi connectivity index (χ1) is 7.74. The quantitative estimate of drug-likeness (QED) is 0.747. The highest BCUT2D eigenvalue weighted by molar-refractivity contribution is 6.17. The maximum atomic E-state index is 5.81. The predicted octanol–water partition coefficient (Wildman–Crippen LogP) is 3.49. The zero-order valence-corrected chi connectivity index (χ0v) is 10.7. The van der Waals surface area contributed by atoms with Crippen LogP contribution in [0.5, 0.6) is 0 Å². The Morgan fingerprint density at radius 3 is 2.50 bits per heavy atom. The zero-order valence-electron chi connectivity index (χ0n) is 9.93. The highest BCUT2D eigenvalue weighted by atomic mass is 35.5. The first kappa shape index (κ1) is 11.9. The molecule has 1 fully saturated rings. The molecule has 0 bridgehead atoms. The van der Waals surface area contributed by atoms with Gasteiger partial charge in [0.25, 0.3) is 0 Å². The normalized spacial score (nSPS) is 17.4. The molecule has 2 rings (SSSR count). The topological polar surface area (TPSA) is 12.0 Å². The van der Waals surface area contributed by atoms with Gasteiger partial charge in [-0.1, -0.05) is 29.8 Å². The van der Waals surface area contributed by atoms with E-state index in [1.165, 1.54) is 24.0 Å². The summed E-state index contributed by atoms with van der Waals surface area (Å²) < 4.78 is 0. The fourth-order valence-electron chi connectivity index (χ4n) is 2.07. The van der Waals surface area contributed by atoms with E-state index in [-0.39, 0.29) is 0 Å². The van der Waals surface area contributed by atoms with Crippen LogP contribution in [-0.2, 0) is 6.54 Å². The number of hydrogen-bond donors (Lipinski definition) is 1. The minimum absolute atomic E-state index is 0.534. The van der Waals surface area contributed by atoms with Crippen LogP contribution < -0.4 is 5.32 Å². The third kappa shape index (κ3) is 3.23. The molecule has 1 N–H and O–H groups in total. The Labute approximate surface area is 103 Å². The number of nitrogens with one attached hydrogen (secondary N) is 1. The van der Waals surface area contributed by atoms with Gasteiger partial charge in [-0.25, -0.2) is 0 Å². The molecule has 0 spiro atoms. The number of aryl methyl sites for hydroxylation is 1. The average molecular weight is 238 g/mol. The molecule has 2 heteroatoms. The van der Waals surface area contributed by atoms with Gasteiger partial charge in [-0.2, -0.15) is 0 Å². The van der Waals surface area contributed by atoms with Gasteiger partial charge in [0.2, 0.25) is 0 Å². The Morgan fingerprint density at radius 1 is 1.25 bits per heavy atom. The van der Waals surface area contributed by atoms with Crippen molar-refractivity contribution in [2.24, 2.45) is 5.41 Å². The molecule has 1 aromatic carbocycles. The van der Waals surface area contributed by atoms with Crippen LogP contribution in [0.4, 0.5) is 0 Å². The van der Waals surface area contributed by atoms with Crippen molar-refractivity contribution in [3.63, 3.8) is 0 Å². The summed E-state index contributed by atoms with van der Waals surface area (Å²) in [7, 11) is 0. The molecule has 0 atom stereocenters. The molecule has 1 aliphatic carbocycles. The SMILES string of the molecule is Cc1ccc(CNCC2(CCCl)CC2)cc1. The minimum Gasteiger partial charge on any atom is -0.312 e. The summed E-state index contributed by atoms with van der Waals surface area (Å²) in [6, 6.07) is 8.73. The van der Waals surface area contributed by atoms with Crippen LogP contribution in [-0.4, -0.2) is 12.4 Å². The van der Waals surface area contributed by atoms with E-state index in [2.05, 4.69) is 36.5 Å². The lowest BCUT2D eigenvalue weighted by molar-refractivity contribution is 0.445. The highest BCUT2D eigenvalue weighted by Crippen LogP contribution is 2.48. The van der Waals surface area contributed by atoms with Crippen molar-refractivity contribution in [3.05, 3.63) is 35.4 Å². The predicted molar refractivity (Wildman–Crippen MR) is 69.9 cm³/mol.